The highest BCUT2D eigenvalue weighted by molar-refractivity contribution is 5.74. The fourth-order valence-electron chi connectivity index (χ4n) is 2.26. The standard InChI is InChI=1S/C15H15N3/c1-3-14-17-12-8-6-10-16-15(12)18(14)13-9-5-4-7-11(13)2/h4-10H,3H2,1-2H3. The van der Waals surface area contributed by atoms with E-state index in [1.807, 2.05) is 18.3 Å². The third-order valence-electron chi connectivity index (χ3n) is 3.16. The third kappa shape index (κ3) is 1.59. The van der Waals surface area contributed by atoms with E-state index in [0.717, 1.165) is 29.1 Å². The van der Waals surface area contributed by atoms with Crippen LogP contribution in [-0.4, -0.2) is 14.5 Å². The van der Waals surface area contributed by atoms with E-state index in [0.29, 0.717) is 0 Å². The fourth-order valence-corrected chi connectivity index (χ4v) is 2.26. The molecule has 90 valence electrons. The molecule has 0 saturated carbocycles. The Morgan fingerprint density at radius 2 is 1.94 bits per heavy atom. The van der Waals surface area contributed by atoms with Crippen LogP contribution in [0, 0.1) is 6.92 Å². The van der Waals surface area contributed by atoms with Crippen molar-refractivity contribution in [1.29, 1.82) is 0 Å². The van der Waals surface area contributed by atoms with Crippen LogP contribution in [0.5, 0.6) is 0 Å². The van der Waals surface area contributed by atoms with Gasteiger partial charge in [-0.25, -0.2) is 9.97 Å². The van der Waals surface area contributed by atoms with Crippen molar-refractivity contribution in [1.82, 2.24) is 14.5 Å². The monoisotopic (exact) mass is 237 g/mol. The van der Waals surface area contributed by atoms with Crippen LogP contribution in [0.25, 0.3) is 16.9 Å². The lowest BCUT2D eigenvalue weighted by Crippen LogP contribution is -2.02. The van der Waals surface area contributed by atoms with Gasteiger partial charge in [-0.05, 0) is 30.7 Å². The van der Waals surface area contributed by atoms with Crippen molar-refractivity contribution in [3.63, 3.8) is 0 Å². The first-order valence-corrected chi connectivity index (χ1v) is 6.19. The number of imidazole rings is 1. The second kappa shape index (κ2) is 4.26. The summed E-state index contributed by atoms with van der Waals surface area (Å²) in [5.41, 5.74) is 4.29. The van der Waals surface area contributed by atoms with Crippen LogP contribution < -0.4 is 0 Å². The normalized spacial score (nSPS) is 11.0. The Balaban J connectivity index is 2.37. The number of nitrogens with zero attached hydrogens (tertiary/aromatic N) is 3. The molecule has 1 aromatic carbocycles. The van der Waals surface area contributed by atoms with Gasteiger partial charge in [-0.2, -0.15) is 0 Å². The van der Waals surface area contributed by atoms with E-state index < -0.39 is 0 Å². The molecule has 3 nitrogen and oxygen atoms in total. The van der Waals surface area contributed by atoms with Crippen LogP contribution in [-0.2, 0) is 6.42 Å². The number of pyridine rings is 1. The minimum Gasteiger partial charge on any atom is -0.280 e. The van der Waals surface area contributed by atoms with Gasteiger partial charge in [0.2, 0.25) is 0 Å². The highest BCUT2D eigenvalue weighted by atomic mass is 15.1. The summed E-state index contributed by atoms with van der Waals surface area (Å²) in [5, 5.41) is 0. The Labute approximate surface area is 106 Å². The minimum atomic E-state index is 0.894. The molecule has 0 amide bonds. The molecule has 2 aromatic heterocycles. The van der Waals surface area contributed by atoms with Crippen molar-refractivity contribution in [2.45, 2.75) is 20.3 Å². The van der Waals surface area contributed by atoms with Crippen molar-refractivity contribution < 1.29 is 0 Å². The first kappa shape index (κ1) is 11.0. The maximum atomic E-state index is 4.65. The van der Waals surface area contributed by atoms with Gasteiger partial charge in [0.05, 0.1) is 5.69 Å². The van der Waals surface area contributed by atoms with Crippen LogP contribution in [0.2, 0.25) is 0 Å². The molecule has 0 aliphatic carbocycles. The van der Waals surface area contributed by atoms with E-state index in [4.69, 9.17) is 0 Å². The summed E-state index contributed by atoms with van der Waals surface area (Å²) < 4.78 is 2.16. The molecule has 0 fully saturated rings. The Morgan fingerprint density at radius 3 is 2.72 bits per heavy atom. The zero-order valence-electron chi connectivity index (χ0n) is 10.6. The average Bonchev–Trinajstić information content (AvgIpc) is 2.78. The van der Waals surface area contributed by atoms with E-state index in [1.165, 1.54) is 5.56 Å². The predicted molar refractivity (Wildman–Crippen MR) is 73.0 cm³/mol. The van der Waals surface area contributed by atoms with Gasteiger partial charge < -0.3 is 0 Å². The molecule has 0 N–H and O–H groups in total. The molecular formula is C15H15N3. The molecule has 0 radical (unpaired) electrons. The van der Waals surface area contributed by atoms with Crippen molar-refractivity contribution >= 4 is 11.2 Å². The summed E-state index contributed by atoms with van der Waals surface area (Å²) in [6, 6.07) is 12.3. The number of hydrogen-bond donors (Lipinski definition) is 0. The Bertz CT molecular complexity index is 698. The second-order valence-corrected chi connectivity index (χ2v) is 4.35. The van der Waals surface area contributed by atoms with Gasteiger partial charge in [-0.1, -0.05) is 25.1 Å². The summed E-state index contributed by atoms with van der Waals surface area (Å²) in [5.74, 6) is 1.05. The number of aryl methyl sites for hydroxylation is 2. The Morgan fingerprint density at radius 1 is 1.11 bits per heavy atom. The van der Waals surface area contributed by atoms with Gasteiger partial charge >= 0.3 is 0 Å². The highest BCUT2D eigenvalue weighted by Gasteiger charge is 2.12. The van der Waals surface area contributed by atoms with Crippen LogP contribution in [0.1, 0.15) is 18.3 Å². The number of fused-ring (bicyclic) bond motifs is 1. The SMILES string of the molecule is CCc1nc2cccnc2n1-c1ccccc1C. The third-order valence-corrected chi connectivity index (χ3v) is 3.16. The van der Waals surface area contributed by atoms with E-state index in [-0.39, 0.29) is 0 Å². The van der Waals surface area contributed by atoms with Crippen molar-refractivity contribution in [2.75, 3.05) is 0 Å². The van der Waals surface area contributed by atoms with Crippen LogP contribution in [0.4, 0.5) is 0 Å². The summed E-state index contributed by atoms with van der Waals surface area (Å²) in [6.07, 6.45) is 2.71. The summed E-state index contributed by atoms with van der Waals surface area (Å²) in [7, 11) is 0. The maximum Gasteiger partial charge on any atom is 0.164 e. The second-order valence-electron chi connectivity index (χ2n) is 4.35. The minimum absolute atomic E-state index is 0.894. The van der Waals surface area contributed by atoms with Gasteiger partial charge in [0.1, 0.15) is 11.3 Å². The smallest absolute Gasteiger partial charge is 0.164 e. The molecule has 0 aliphatic rings. The number of aromatic nitrogens is 3. The molecular weight excluding hydrogens is 222 g/mol. The van der Waals surface area contributed by atoms with E-state index in [1.54, 1.807) is 0 Å². The lowest BCUT2D eigenvalue weighted by Gasteiger charge is -2.10. The number of para-hydroxylation sites is 1. The van der Waals surface area contributed by atoms with E-state index in [2.05, 4.69) is 52.6 Å². The number of rotatable bonds is 2. The maximum absolute atomic E-state index is 4.65. The van der Waals surface area contributed by atoms with Gasteiger partial charge in [0.25, 0.3) is 0 Å². The van der Waals surface area contributed by atoms with Crippen LogP contribution in [0.3, 0.4) is 0 Å². The van der Waals surface area contributed by atoms with Gasteiger partial charge in [0, 0.05) is 12.6 Å². The quantitative estimate of drug-likeness (QED) is 0.684. The molecule has 0 unspecified atom stereocenters. The van der Waals surface area contributed by atoms with Gasteiger partial charge in [0.15, 0.2) is 5.65 Å². The summed E-state index contributed by atoms with van der Waals surface area (Å²) in [4.78, 5) is 9.12. The van der Waals surface area contributed by atoms with Gasteiger partial charge in [-0.3, -0.25) is 4.57 Å². The van der Waals surface area contributed by atoms with E-state index >= 15 is 0 Å². The van der Waals surface area contributed by atoms with Crippen molar-refractivity contribution in [3.8, 4) is 5.69 Å². The predicted octanol–water partition coefficient (Wildman–Crippen LogP) is 3.29. The highest BCUT2D eigenvalue weighted by Crippen LogP contribution is 2.22. The molecule has 18 heavy (non-hydrogen) atoms. The largest absolute Gasteiger partial charge is 0.280 e. The zero-order valence-corrected chi connectivity index (χ0v) is 10.6. The van der Waals surface area contributed by atoms with Crippen molar-refractivity contribution in [2.24, 2.45) is 0 Å². The Kier molecular flexibility index (Phi) is 2.59. The molecule has 0 spiro atoms. The topological polar surface area (TPSA) is 30.7 Å². The fraction of sp³-hybridized carbons (Fsp3) is 0.200. The molecule has 3 aromatic rings. The molecule has 0 aliphatic heterocycles. The molecule has 3 heteroatoms. The lowest BCUT2D eigenvalue weighted by atomic mass is 10.2. The van der Waals surface area contributed by atoms with Gasteiger partial charge in [-0.15, -0.1) is 0 Å². The molecule has 0 atom stereocenters. The number of benzene rings is 1. The molecule has 0 bridgehead atoms. The first-order chi connectivity index (χ1) is 8.81. The lowest BCUT2D eigenvalue weighted by molar-refractivity contribution is 0.896. The first-order valence-electron chi connectivity index (χ1n) is 6.19. The zero-order chi connectivity index (χ0) is 12.5. The Hall–Kier alpha value is -2.16. The van der Waals surface area contributed by atoms with Crippen molar-refractivity contribution in [3.05, 3.63) is 54.0 Å². The molecule has 0 saturated heterocycles. The van der Waals surface area contributed by atoms with E-state index in [9.17, 15) is 0 Å². The summed E-state index contributed by atoms with van der Waals surface area (Å²) >= 11 is 0. The van der Waals surface area contributed by atoms with Crippen LogP contribution >= 0.6 is 0 Å². The average molecular weight is 237 g/mol. The molecule has 2 heterocycles. The molecule has 3 rings (SSSR count). The number of hydrogen-bond acceptors (Lipinski definition) is 2. The van der Waals surface area contributed by atoms with Crippen LogP contribution in [0.15, 0.2) is 42.6 Å². The summed E-state index contributed by atoms with van der Waals surface area (Å²) in [6.45, 7) is 4.24.